The Morgan fingerprint density at radius 2 is 1.82 bits per heavy atom. The van der Waals surface area contributed by atoms with Crippen LogP contribution >= 0.6 is 8.25 Å². The summed E-state index contributed by atoms with van der Waals surface area (Å²) in [5.74, 6) is -0.403. The van der Waals surface area contributed by atoms with Gasteiger partial charge >= 0.3 is 14.2 Å². The molecule has 0 bridgehead atoms. The van der Waals surface area contributed by atoms with E-state index >= 15 is 0 Å². The quantitative estimate of drug-likeness (QED) is 0.353. The number of carbonyl (C=O) groups is 1. The first-order valence-corrected chi connectivity index (χ1v) is 8.46. The topological polar surface area (TPSA) is 82.1 Å². The number of hydrogen-bond donors (Lipinski definition) is 1. The molecule has 0 saturated heterocycles. The van der Waals surface area contributed by atoms with Crippen molar-refractivity contribution < 1.29 is 28.3 Å². The lowest BCUT2D eigenvalue weighted by Crippen LogP contribution is -2.33. The summed E-state index contributed by atoms with van der Waals surface area (Å²) in [6.45, 7) is 13.2. The lowest BCUT2D eigenvalue weighted by molar-refractivity contribution is -0.141. The summed E-state index contributed by atoms with van der Waals surface area (Å²) < 4.78 is 26.6. The number of rotatable bonds is 11. The molecule has 0 aliphatic rings. The second-order valence-corrected chi connectivity index (χ2v) is 6.82. The zero-order valence-corrected chi connectivity index (χ0v) is 15.1. The molecule has 0 aromatic heterocycles. The maximum absolute atomic E-state index is 11.3. The molecule has 0 spiro atoms. The fourth-order valence-electron chi connectivity index (χ4n) is 1.63. The average Bonchev–Trinajstić information content (AvgIpc) is 2.36. The molecular weight excluding hydrogens is 307 g/mol. The van der Waals surface area contributed by atoms with E-state index in [1.54, 1.807) is 20.8 Å². The Balaban J connectivity index is 4.25. The van der Waals surface area contributed by atoms with Crippen LogP contribution in [0.25, 0.3) is 0 Å². The van der Waals surface area contributed by atoms with Gasteiger partial charge in [-0.3, -0.25) is 0 Å². The van der Waals surface area contributed by atoms with Crippen LogP contribution in [-0.2, 0) is 23.4 Å². The molecule has 0 aromatic rings. The molecular formula is C15H28O6P+. The smallest absolute Gasteiger partial charge is 0.462 e. The average molecular weight is 335 g/mol. The van der Waals surface area contributed by atoms with E-state index in [0.717, 1.165) is 6.42 Å². The number of carbonyl (C=O) groups excluding carboxylic acids is 1. The van der Waals surface area contributed by atoms with Crippen molar-refractivity contribution in [1.82, 2.24) is 0 Å². The van der Waals surface area contributed by atoms with Gasteiger partial charge in [-0.2, -0.15) is 0 Å². The third kappa shape index (κ3) is 9.26. The fourth-order valence-corrected chi connectivity index (χ4v) is 2.15. The van der Waals surface area contributed by atoms with Gasteiger partial charge in [0.15, 0.2) is 0 Å². The Hall–Kier alpha value is -0.810. The van der Waals surface area contributed by atoms with Crippen LogP contribution in [0.3, 0.4) is 0 Å². The summed E-state index contributed by atoms with van der Waals surface area (Å²) in [4.78, 5) is 20.1. The maximum Gasteiger partial charge on any atom is 0.695 e. The van der Waals surface area contributed by atoms with Crippen LogP contribution < -0.4 is 0 Å². The number of hydrogen-bond acceptors (Lipinski definition) is 5. The minimum atomic E-state index is -2.63. The lowest BCUT2D eigenvalue weighted by atomic mass is 9.99. The summed E-state index contributed by atoms with van der Waals surface area (Å²) >= 11 is 0. The zero-order valence-electron chi connectivity index (χ0n) is 14.2. The van der Waals surface area contributed by atoms with Gasteiger partial charge in [-0.25, -0.2) is 4.79 Å². The van der Waals surface area contributed by atoms with Crippen LogP contribution in [0.4, 0.5) is 0 Å². The molecule has 2 atom stereocenters. The number of ether oxygens (including phenoxy) is 2. The van der Waals surface area contributed by atoms with Crippen molar-refractivity contribution in [3.05, 3.63) is 12.2 Å². The van der Waals surface area contributed by atoms with Gasteiger partial charge in [0, 0.05) is 23.0 Å². The van der Waals surface area contributed by atoms with Gasteiger partial charge in [0.2, 0.25) is 0 Å². The van der Waals surface area contributed by atoms with E-state index in [-0.39, 0.29) is 6.61 Å². The lowest BCUT2D eigenvalue weighted by Gasteiger charge is -2.30. The van der Waals surface area contributed by atoms with Crippen LogP contribution in [0.2, 0.25) is 0 Å². The largest absolute Gasteiger partial charge is 0.695 e. The molecule has 0 radical (unpaired) electrons. The predicted molar refractivity (Wildman–Crippen MR) is 84.6 cm³/mol. The van der Waals surface area contributed by atoms with Crippen molar-refractivity contribution in [3.63, 3.8) is 0 Å². The molecule has 0 aliphatic heterocycles. The van der Waals surface area contributed by atoms with Crippen molar-refractivity contribution in [2.75, 3.05) is 13.2 Å². The highest BCUT2D eigenvalue weighted by atomic mass is 31.1. The van der Waals surface area contributed by atoms with Crippen molar-refractivity contribution >= 4 is 14.2 Å². The summed E-state index contributed by atoms with van der Waals surface area (Å²) in [7, 11) is -2.63. The second kappa shape index (κ2) is 9.36. The van der Waals surface area contributed by atoms with E-state index in [0.29, 0.717) is 25.0 Å². The standard InChI is InChI=1S/C15H27O6P/c1-7-15(6,9-10-19-13(16)12(2)3)20-11-8-14(4,5)21-22(17)18/h2,7-11H2,1,3-6H3/p+1. The molecule has 2 unspecified atom stereocenters. The van der Waals surface area contributed by atoms with Crippen molar-refractivity contribution in [2.24, 2.45) is 0 Å². The summed E-state index contributed by atoms with van der Waals surface area (Å²) in [6, 6.07) is 0. The van der Waals surface area contributed by atoms with E-state index in [2.05, 4.69) is 6.58 Å². The summed E-state index contributed by atoms with van der Waals surface area (Å²) in [5.41, 5.74) is -0.785. The first-order chi connectivity index (χ1) is 10.0. The highest BCUT2D eigenvalue weighted by Crippen LogP contribution is 2.29. The minimum Gasteiger partial charge on any atom is -0.462 e. The van der Waals surface area contributed by atoms with E-state index in [4.69, 9.17) is 18.9 Å². The van der Waals surface area contributed by atoms with Gasteiger partial charge in [-0.05, 0) is 34.1 Å². The Morgan fingerprint density at radius 3 is 2.27 bits per heavy atom. The zero-order chi connectivity index (χ0) is 17.4. The first-order valence-electron chi connectivity index (χ1n) is 7.33. The highest BCUT2D eigenvalue weighted by molar-refractivity contribution is 7.32. The molecule has 0 saturated carbocycles. The molecule has 0 heterocycles. The van der Waals surface area contributed by atoms with E-state index in [1.165, 1.54) is 0 Å². The third-order valence-corrected chi connectivity index (χ3v) is 4.09. The molecule has 7 heteroatoms. The molecule has 6 nitrogen and oxygen atoms in total. The molecule has 0 amide bonds. The monoisotopic (exact) mass is 335 g/mol. The molecule has 128 valence electrons. The summed E-state index contributed by atoms with van der Waals surface area (Å²) in [6.07, 6.45) is 1.81. The van der Waals surface area contributed by atoms with Crippen molar-refractivity contribution in [3.8, 4) is 0 Å². The van der Waals surface area contributed by atoms with Crippen molar-refractivity contribution in [1.29, 1.82) is 0 Å². The van der Waals surface area contributed by atoms with Gasteiger partial charge in [-0.15, -0.1) is 9.42 Å². The highest BCUT2D eigenvalue weighted by Gasteiger charge is 2.32. The van der Waals surface area contributed by atoms with E-state index in [1.807, 2.05) is 13.8 Å². The van der Waals surface area contributed by atoms with Gasteiger partial charge in [0.05, 0.1) is 18.8 Å². The predicted octanol–water partition coefficient (Wildman–Crippen LogP) is 3.52. The Kier molecular flexibility index (Phi) is 9.01. The van der Waals surface area contributed by atoms with Crippen LogP contribution in [0.5, 0.6) is 0 Å². The van der Waals surface area contributed by atoms with Crippen LogP contribution in [-0.4, -0.2) is 35.3 Å². The third-order valence-electron chi connectivity index (χ3n) is 3.44. The van der Waals surface area contributed by atoms with Crippen LogP contribution in [0.1, 0.15) is 53.9 Å². The Labute approximate surface area is 133 Å². The fraction of sp³-hybridized carbons (Fsp3) is 0.800. The molecule has 22 heavy (non-hydrogen) atoms. The van der Waals surface area contributed by atoms with Gasteiger partial charge < -0.3 is 9.47 Å². The van der Waals surface area contributed by atoms with Crippen LogP contribution in [0.15, 0.2) is 12.2 Å². The second-order valence-electron chi connectivity index (χ2n) is 6.16. The van der Waals surface area contributed by atoms with Crippen LogP contribution in [0, 0.1) is 0 Å². The Morgan fingerprint density at radius 1 is 1.23 bits per heavy atom. The van der Waals surface area contributed by atoms with Gasteiger partial charge in [0.25, 0.3) is 0 Å². The Bertz CT molecular complexity index is 407. The molecule has 1 N–H and O–H groups in total. The van der Waals surface area contributed by atoms with Gasteiger partial charge in [-0.1, -0.05) is 13.5 Å². The molecule has 0 fully saturated rings. The van der Waals surface area contributed by atoms with E-state index < -0.39 is 25.4 Å². The van der Waals surface area contributed by atoms with Gasteiger partial charge in [0.1, 0.15) is 5.60 Å². The molecule has 0 aliphatic carbocycles. The molecule has 0 rings (SSSR count). The van der Waals surface area contributed by atoms with Crippen molar-refractivity contribution in [2.45, 2.75) is 65.1 Å². The molecule has 0 aromatic carbocycles. The normalized spacial score (nSPS) is 15.1. The minimum absolute atomic E-state index is 0.262. The first kappa shape index (κ1) is 21.2. The maximum atomic E-state index is 11.3. The number of esters is 1. The van der Waals surface area contributed by atoms with E-state index in [9.17, 15) is 9.36 Å². The summed E-state index contributed by atoms with van der Waals surface area (Å²) in [5, 5.41) is 0. The SMILES string of the molecule is C=C(C)C(=O)OCCC(C)(CC)OCCC(C)(C)O[P+](=O)O.